The molecule has 0 aliphatic rings. The number of rotatable bonds is 5. The van der Waals surface area contributed by atoms with E-state index in [4.69, 9.17) is 7.98 Å². The maximum atomic E-state index is 12.5. The molecule has 2 nitrogen and oxygen atoms in total. The van der Waals surface area contributed by atoms with Gasteiger partial charge in [0.1, 0.15) is 0 Å². The third-order valence-electron chi connectivity index (χ3n) is 2.36. The van der Waals surface area contributed by atoms with Crippen molar-refractivity contribution in [3.63, 3.8) is 0 Å². The first kappa shape index (κ1) is 24.2. The fourth-order valence-corrected chi connectivity index (χ4v) is 1.43. The smallest absolute Gasteiger partial charge is 0.415 e. The number of benzene rings is 1. The molecule has 0 atom stereocenters. The molecule has 1 aromatic carbocycles. The zero-order valence-electron chi connectivity index (χ0n) is 15.0. The van der Waals surface area contributed by atoms with Gasteiger partial charge in [0, 0.05) is 17.1 Å². The zero-order valence-corrected chi connectivity index (χ0v) is 15.0. The monoisotopic (exact) mass is 338 g/mol. The van der Waals surface area contributed by atoms with E-state index in [1.165, 1.54) is 6.08 Å². The number of nitrogens with one attached hydrogen (secondary N) is 2. The summed E-state index contributed by atoms with van der Waals surface area (Å²) in [5.41, 5.74) is 0.611. The van der Waals surface area contributed by atoms with E-state index in [1.54, 1.807) is 37.3 Å². The lowest BCUT2D eigenvalue weighted by Crippen LogP contribution is -2.10. The Labute approximate surface area is 145 Å². The summed E-state index contributed by atoms with van der Waals surface area (Å²) in [7, 11) is 5.28. The molecule has 0 aromatic heterocycles. The third kappa shape index (κ3) is 9.82. The maximum absolute atomic E-state index is 12.5. The van der Waals surface area contributed by atoms with Crippen molar-refractivity contribution in [2.45, 2.75) is 40.8 Å². The lowest BCUT2D eigenvalue weighted by molar-refractivity contribution is -0.0878. The van der Waals surface area contributed by atoms with Crippen molar-refractivity contribution in [2.24, 2.45) is 0 Å². The van der Waals surface area contributed by atoms with Gasteiger partial charge >= 0.3 is 6.18 Å². The van der Waals surface area contributed by atoms with Crippen LogP contribution in [0.1, 0.15) is 34.6 Å². The van der Waals surface area contributed by atoms with Crippen LogP contribution in [0.3, 0.4) is 0 Å². The first-order chi connectivity index (χ1) is 11.4. The van der Waals surface area contributed by atoms with Gasteiger partial charge in [0.25, 0.3) is 0 Å². The molecule has 0 saturated carbocycles. The van der Waals surface area contributed by atoms with Gasteiger partial charge in [0.2, 0.25) is 7.98 Å². The van der Waals surface area contributed by atoms with Crippen LogP contribution in [0.4, 0.5) is 24.5 Å². The summed E-state index contributed by atoms with van der Waals surface area (Å²) in [6.07, 6.45) is -0.343. The van der Waals surface area contributed by atoms with Gasteiger partial charge in [-0.05, 0) is 37.3 Å². The summed E-state index contributed by atoms with van der Waals surface area (Å²) < 4.78 is 37.5. The van der Waals surface area contributed by atoms with Gasteiger partial charge in [-0.1, -0.05) is 46.4 Å². The summed E-state index contributed by atoms with van der Waals surface area (Å²) in [4.78, 5) is 0. The highest BCUT2D eigenvalue weighted by Crippen LogP contribution is 2.26. The molecule has 0 spiro atoms. The fourth-order valence-electron chi connectivity index (χ4n) is 1.43. The minimum absolute atomic E-state index is 0.281. The molecule has 0 unspecified atom stereocenters. The largest absolute Gasteiger partial charge is 0.437 e. The third-order valence-corrected chi connectivity index (χ3v) is 2.36. The van der Waals surface area contributed by atoms with Crippen LogP contribution in [0.5, 0.6) is 0 Å². The number of allylic oxidation sites excluding steroid dienone is 4. The van der Waals surface area contributed by atoms with Gasteiger partial charge in [-0.2, -0.15) is 13.2 Å². The molecule has 6 heteroatoms. The number of anilines is 2. The molecule has 24 heavy (non-hydrogen) atoms. The van der Waals surface area contributed by atoms with E-state index in [0.29, 0.717) is 11.4 Å². The van der Waals surface area contributed by atoms with Crippen LogP contribution >= 0.6 is 0 Å². The topological polar surface area (TPSA) is 24.1 Å². The summed E-state index contributed by atoms with van der Waals surface area (Å²) in [6.45, 7) is 12.7. The minimum Gasteiger partial charge on any atom is -0.437 e. The van der Waals surface area contributed by atoms with Gasteiger partial charge in [-0.25, -0.2) is 0 Å². The van der Waals surface area contributed by atoms with Gasteiger partial charge in [0.05, 0.1) is 5.57 Å². The van der Waals surface area contributed by atoms with E-state index in [-0.39, 0.29) is 5.70 Å². The van der Waals surface area contributed by atoms with E-state index in [0.717, 1.165) is 6.08 Å². The second kappa shape index (κ2) is 13.3. The van der Waals surface area contributed by atoms with Crippen molar-refractivity contribution < 1.29 is 13.2 Å². The van der Waals surface area contributed by atoms with Crippen LogP contribution in [0.2, 0.25) is 0 Å². The van der Waals surface area contributed by atoms with Crippen LogP contribution in [0.25, 0.3) is 0 Å². The number of alkyl halides is 3. The number of hydrogen-bond acceptors (Lipinski definition) is 2. The standard InChI is InChI=1S/C14H14BF3N2.2C2H6/c1-3-5-11(8-10(2)14(16,17)18)19-12-6-4-7-13(9-12)20-15;2*1-2/h3-9,19-20H,2H2,1H3;2*1-2H3/b5-3-,11-8+;;. The molecule has 132 valence electrons. The maximum Gasteiger partial charge on any atom is 0.415 e. The van der Waals surface area contributed by atoms with Crippen LogP contribution in [-0.4, -0.2) is 14.2 Å². The average molecular weight is 338 g/mol. The van der Waals surface area contributed by atoms with Gasteiger partial charge in [-0.3, -0.25) is 0 Å². The van der Waals surface area contributed by atoms with Crippen LogP contribution in [-0.2, 0) is 0 Å². The summed E-state index contributed by atoms with van der Waals surface area (Å²) in [5.74, 6) is 0. The average Bonchev–Trinajstić information content (AvgIpc) is 2.58. The van der Waals surface area contributed by atoms with Crippen molar-refractivity contribution in [3.8, 4) is 0 Å². The molecule has 0 bridgehead atoms. The quantitative estimate of drug-likeness (QED) is 0.491. The van der Waals surface area contributed by atoms with Crippen molar-refractivity contribution >= 4 is 19.4 Å². The fraction of sp³-hybridized carbons (Fsp3) is 0.333. The molecule has 2 radical (unpaired) electrons. The Balaban J connectivity index is 0. The lowest BCUT2D eigenvalue weighted by Gasteiger charge is -2.11. The Morgan fingerprint density at radius 1 is 1.12 bits per heavy atom. The predicted octanol–water partition coefficient (Wildman–Crippen LogP) is 6.22. The Morgan fingerprint density at radius 3 is 2.12 bits per heavy atom. The molecule has 0 fully saturated rings. The summed E-state index contributed by atoms with van der Waals surface area (Å²) in [6, 6.07) is 6.85. The highest BCUT2D eigenvalue weighted by Gasteiger charge is 2.30. The van der Waals surface area contributed by atoms with Crippen LogP contribution in [0, 0.1) is 0 Å². The van der Waals surface area contributed by atoms with Crippen molar-refractivity contribution in [1.82, 2.24) is 0 Å². The minimum atomic E-state index is -4.45. The van der Waals surface area contributed by atoms with Crippen LogP contribution in [0.15, 0.2) is 60.3 Å². The highest BCUT2D eigenvalue weighted by atomic mass is 19.4. The Hall–Kier alpha value is -2.11. The Morgan fingerprint density at radius 2 is 1.67 bits per heavy atom. The van der Waals surface area contributed by atoms with Gasteiger partial charge in [0.15, 0.2) is 0 Å². The molecular formula is C18H26BF3N2. The molecular weight excluding hydrogens is 312 g/mol. The highest BCUT2D eigenvalue weighted by molar-refractivity contribution is 6.16. The second-order valence-corrected chi connectivity index (χ2v) is 3.97. The van der Waals surface area contributed by atoms with E-state index in [2.05, 4.69) is 17.1 Å². The van der Waals surface area contributed by atoms with E-state index in [1.807, 2.05) is 27.7 Å². The Bertz CT molecular complexity index is 535. The van der Waals surface area contributed by atoms with Crippen molar-refractivity contribution in [3.05, 3.63) is 60.3 Å². The summed E-state index contributed by atoms with van der Waals surface area (Å²) >= 11 is 0. The number of hydrogen-bond donors (Lipinski definition) is 2. The molecule has 0 amide bonds. The van der Waals surface area contributed by atoms with Crippen molar-refractivity contribution in [2.75, 3.05) is 10.5 Å². The molecule has 0 saturated heterocycles. The first-order valence-electron chi connectivity index (χ1n) is 7.81. The Kier molecular flexibility index (Phi) is 13.4. The molecule has 0 aliphatic heterocycles. The lowest BCUT2D eigenvalue weighted by atomic mass is 10.2. The second-order valence-electron chi connectivity index (χ2n) is 3.97. The first-order valence-corrected chi connectivity index (χ1v) is 7.81. The van der Waals surface area contributed by atoms with Crippen molar-refractivity contribution in [1.29, 1.82) is 0 Å². The summed E-state index contributed by atoms with van der Waals surface area (Å²) in [5, 5.41) is 5.34. The van der Waals surface area contributed by atoms with E-state index < -0.39 is 11.7 Å². The van der Waals surface area contributed by atoms with E-state index >= 15 is 0 Å². The van der Waals surface area contributed by atoms with E-state index in [9.17, 15) is 13.2 Å². The molecule has 0 heterocycles. The molecule has 0 aliphatic carbocycles. The number of halogens is 3. The SMILES string of the molecule is CC.CC.[B]Nc1cccc(NC(/C=C\C)=C/C(=C)C(F)(F)F)c1. The molecule has 1 aromatic rings. The van der Waals surface area contributed by atoms with Gasteiger partial charge in [-0.15, -0.1) is 0 Å². The van der Waals surface area contributed by atoms with Crippen LogP contribution < -0.4 is 10.5 Å². The zero-order chi connectivity index (χ0) is 19.2. The van der Waals surface area contributed by atoms with Gasteiger partial charge < -0.3 is 10.5 Å². The molecule has 1 rings (SSSR count). The molecule has 2 N–H and O–H groups in total. The normalized spacial score (nSPS) is 10.9. The predicted molar refractivity (Wildman–Crippen MR) is 100 cm³/mol.